The maximum Gasteiger partial charge on any atom is 0.159 e. The molecule has 38 heavy (non-hydrogen) atoms. The topological polar surface area (TPSA) is 135 Å². The first-order chi connectivity index (χ1) is 18.6. The number of methoxy groups -OCH3 is 1. The molecule has 1 aliphatic heterocycles. The van der Waals surface area contributed by atoms with Gasteiger partial charge in [0.05, 0.1) is 41.9 Å². The molecular weight excluding hydrogens is 485 g/mol. The van der Waals surface area contributed by atoms with E-state index in [2.05, 4.69) is 30.0 Å². The molecule has 1 fully saturated rings. The van der Waals surface area contributed by atoms with Crippen LogP contribution in [0.15, 0.2) is 61.1 Å². The summed E-state index contributed by atoms with van der Waals surface area (Å²) < 4.78 is 19.5. The fourth-order valence-electron chi connectivity index (χ4n) is 4.78. The number of pyridine rings is 1. The number of halogens is 1. The van der Waals surface area contributed by atoms with Crippen LogP contribution in [0.1, 0.15) is 0 Å². The zero-order valence-corrected chi connectivity index (χ0v) is 20.3. The Bertz CT molecular complexity index is 1820. The highest BCUT2D eigenvalue weighted by Gasteiger charge is 2.25. The smallest absolute Gasteiger partial charge is 0.159 e. The minimum Gasteiger partial charge on any atom is -0.497 e. The molecule has 10 nitrogen and oxygen atoms in total. The van der Waals surface area contributed by atoms with Gasteiger partial charge in [0.1, 0.15) is 28.6 Å². The van der Waals surface area contributed by atoms with E-state index in [0.29, 0.717) is 34.0 Å². The molecule has 5 heterocycles. The molecule has 0 amide bonds. The number of aromatic amines is 2. The highest BCUT2D eigenvalue weighted by Crippen LogP contribution is 2.33. The molecule has 0 aliphatic carbocycles. The number of anilines is 1. The second kappa shape index (κ2) is 8.60. The van der Waals surface area contributed by atoms with Crippen molar-refractivity contribution in [1.29, 1.82) is 0 Å². The lowest BCUT2D eigenvalue weighted by atomic mass is 10.1. The summed E-state index contributed by atoms with van der Waals surface area (Å²) in [6.07, 6.45) is 5.16. The molecule has 1 aliphatic rings. The molecule has 0 bridgehead atoms. The lowest BCUT2D eigenvalue weighted by Crippen LogP contribution is -2.56. The predicted octanol–water partition coefficient (Wildman–Crippen LogP) is 3.92. The predicted molar refractivity (Wildman–Crippen MR) is 142 cm³/mol. The highest BCUT2D eigenvalue weighted by molar-refractivity contribution is 5.97. The van der Waals surface area contributed by atoms with Gasteiger partial charge in [0.15, 0.2) is 5.82 Å². The molecule has 4 aromatic heterocycles. The Hall–Kier alpha value is -4.90. The fourth-order valence-corrected chi connectivity index (χ4v) is 4.78. The number of hydrogen-bond donors (Lipinski definition) is 3. The number of hydrogen-bond acceptors (Lipinski definition) is 8. The summed E-state index contributed by atoms with van der Waals surface area (Å²) in [5.41, 5.74) is 11.6. The quantitative estimate of drug-likeness (QED) is 0.320. The SMILES string of the molecule is COc1cc(F)cc(-c2nccc3[nH]c(-c4n[nH]c5ccc(-c6cncc(N7CC(N)C7)n6)cc45)nc23)c1. The van der Waals surface area contributed by atoms with E-state index in [-0.39, 0.29) is 6.04 Å². The molecule has 0 saturated carbocycles. The van der Waals surface area contributed by atoms with E-state index in [1.54, 1.807) is 24.7 Å². The molecule has 6 aromatic rings. The van der Waals surface area contributed by atoms with Crippen molar-refractivity contribution in [1.82, 2.24) is 35.1 Å². The van der Waals surface area contributed by atoms with Gasteiger partial charge in [0.2, 0.25) is 0 Å². The Balaban J connectivity index is 1.30. The second-order valence-electron chi connectivity index (χ2n) is 9.28. The summed E-state index contributed by atoms with van der Waals surface area (Å²) in [7, 11) is 1.50. The molecule has 11 heteroatoms. The Morgan fingerprint density at radius 2 is 1.89 bits per heavy atom. The Kier molecular flexibility index (Phi) is 5.05. The summed E-state index contributed by atoms with van der Waals surface area (Å²) in [6, 6.07) is 12.4. The lowest BCUT2D eigenvalue weighted by molar-refractivity contribution is 0.411. The summed E-state index contributed by atoms with van der Waals surface area (Å²) in [5, 5.41) is 8.50. The average molecular weight is 508 g/mol. The van der Waals surface area contributed by atoms with Crippen molar-refractivity contribution in [3.05, 3.63) is 66.9 Å². The van der Waals surface area contributed by atoms with E-state index in [0.717, 1.165) is 46.6 Å². The van der Waals surface area contributed by atoms with Crippen molar-refractivity contribution in [2.75, 3.05) is 25.1 Å². The molecular formula is C27H22FN9O. The van der Waals surface area contributed by atoms with E-state index in [4.69, 9.17) is 20.4 Å². The van der Waals surface area contributed by atoms with Crippen molar-refractivity contribution in [2.45, 2.75) is 6.04 Å². The summed E-state index contributed by atoms with van der Waals surface area (Å²) >= 11 is 0. The van der Waals surface area contributed by atoms with Gasteiger partial charge in [-0.25, -0.2) is 14.4 Å². The Labute approximate surface area is 215 Å². The maximum absolute atomic E-state index is 14.2. The second-order valence-corrected chi connectivity index (χ2v) is 9.28. The Morgan fingerprint density at radius 1 is 1.00 bits per heavy atom. The third-order valence-corrected chi connectivity index (χ3v) is 6.72. The lowest BCUT2D eigenvalue weighted by Gasteiger charge is -2.37. The average Bonchev–Trinajstić information content (AvgIpc) is 3.54. The van der Waals surface area contributed by atoms with Crippen LogP contribution in [0, 0.1) is 5.82 Å². The molecule has 0 spiro atoms. The number of nitrogens with two attached hydrogens (primary N) is 1. The van der Waals surface area contributed by atoms with Gasteiger partial charge in [0, 0.05) is 47.9 Å². The van der Waals surface area contributed by atoms with Crippen molar-refractivity contribution in [3.8, 4) is 39.8 Å². The Morgan fingerprint density at radius 3 is 2.74 bits per heavy atom. The van der Waals surface area contributed by atoms with Gasteiger partial charge in [-0.2, -0.15) is 5.10 Å². The minimum absolute atomic E-state index is 0.174. The molecule has 4 N–H and O–H groups in total. The molecule has 188 valence electrons. The van der Waals surface area contributed by atoms with Gasteiger partial charge in [-0.05, 0) is 30.3 Å². The highest BCUT2D eigenvalue weighted by atomic mass is 19.1. The maximum atomic E-state index is 14.2. The van der Waals surface area contributed by atoms with E-state index >= 15 is 0 Å². The van der Waals surface area contributed by atoms with Gasteiger partial charge < -0.3 is 20.4 Å². The number of benzene rings is 2. The number of aromatic nitrogens is 7. The van der Waals surface area contributed by atoms with Crippen LogP contribution < -0.4 is 15.4 Å². The van der Waals surface area contributed by atoms with E-state index in [1.165, 1.54) is 19.2 Å². The van der Waals surface area contributed by atoms with Gasteiger partial charge >= 0.3 is 0 Å². The molecule has 2 aromatic carbocycles. The van der Waals surface area contributed by atoms with Crippen LogP contribution >= 0.6 is 0 Å². The monoisotopic (exact) mass is 507 g/mol. The molecule has 0 radical (unpaired) electrons. The van der Waals surface area contributed by atoms with Crippen molar-refractivity contribution in [2.24, 2.45) is 5.73 Å². The third-order valence-electron chi connectivity index (χ3n) is 6.72. The molecule has 1 saturated heterocycles. The number of H-pyrrole nitrogens is 2. The number of nitrogens with one attached hydrogen (secondary N) is 2. The first-order valence-corrected chi connectivity index (χ1v) is 12.1. The fraction of sp³-hybridized carbons (Fsp3) is 0.148. The van der Waals surface area contributed by atoms with E-state index < -0.39 is 5.82 Å². The third kappa shape index (κ3) is 3.71. The zero-order valence-electron chi connectivity index (χ0n) is 20.3. The number of fused-ring (bicyclic) bond motifs is 2. The van der Waals surface area contributed by atoms with Gasteiger partial charge in [-0.1, -0.05) is 6.07 Å². The standard InChI is InChI=1S/C27H22FN9O/c1-38-18-7-15(6-16(28)9-18)24-26-21(4-5-31-24)33-27(34-26)25-19-8-14(2-3-20(19)35-36-25)22-10-30-11-23(32-22)37-12-17(29)13-37/h2-11,17H,12-13,29H2,1H3,(H,33,34)(H,35,36). The first kappa shape index (κ1) is 22.3. The molecule has 0 unspecified atom stereocenters. The summed E-state index contributed by atoms with van der Waals surface area (Å²) in [6.45, 7) is 1.54. The van der Waals surface area contributed by atoms with Gasteiger partial charge in [-0.15, -0.1) is 0 Å². The van der Waals surface area contributed by atoms with Crippen LogP contribution in [0.25, 0.3) is 56.0 Å². The number of imidazole rings is 1. The van der Waals surface area contributed by atoms with Crippen LogP contribution in [-0.2, 0) is 0 Å². The van der Waals surface area contributed by atoms with Crippen molar-refractivity contribution < 1.29 is 9.13 Å². The molecule has 0 atom stereocenters. The van der Waals surface area contributed by atoms with Crippen molar-refractivity contribution >= 4 is 27.8 Å². The minimum atomic E-state index is -0.413. The van der Waals surface area contributed by atoms with E-state index in [1.807, 2.05) is 24.3 Å². The number of nitrogens with zero attached hydrogens (tertiary/aromatic N) is 6. The van der Waals surface area contributed by atoms with Crippen molar-refractivity contribution in [3.63, 3.8) is 0 Å². The van der Waals surface area contributed by atoms with Crippen LogP contribution in [0.4, 0.5) is 10.2 Å². The van der Waals surface area contributed by atoms with Crippen LogP contribution in [0.5, 0.6) is 5.75 Å². The zero-order chi connectivity index (χ0) is 25.8. The van der Waals surface area contributed by atoms with Gasteiger partial charge in [-0.3, -0.25) is 15.1 Å². The van der Waals surface area contributed by atoms with E-state index in [9.17, 15) is 4.39 Å². The van der Waals surface area contributed by atoms with Crippen LogP contribution in [-0.4, -0.2) is 61.4 Å². The van der Waals surface area contributed by atoms with Gasteiger partial charge in [0.25, 0.3) is 0 Å². The summed E-state index contributed by atoms with van der Waals surface area (Å²) in [4.78, 5) is 23.9. The summed E-state index contributed by atoms with van der Waals surface area (Å²) in [5.74, 6) is 1.37. The number of ether oxygens (including phenoxy) is 1. The largest absolute Gasteiger partial charge is 0.497 e. The number of rotatable bonds is 5. The van der Waals surface area contributed by atoms with Crippen LogP contribution in [0.3, 0.4) is 0 Å². The van der Waals surface area contributed by atoms with Crippen LogP contribution in [0.2, 0.25) is 0 Å². The normalized spacial score (nSPS) is 13.8. The molecule has 7 rings (SSSR count). The first-order valence-electron chi connectivity index (χ1n) is 12.1.